The van der Waals surface area contributed by atoms with E-state index in [2.05, 4.69) is 32.5 Å². The first-order valence-corrected chi connectivity index (χ1v) is 9.15. The van der Waals surface area contributed by atoms with E-state index in [-0.39, 0.29) is 18.2 Å². The molecule has 8 nitrogen and oxygen atoms in total. The molecule has 27 heavy (non-hydrogen) atoms. The molecular formula is C19H25N5O3. The number of hydrogen-bond acceptors (Lipinski definition) is 6. The lowest BCUT2D eigenvalue weighted by Crippen LogP contribution is -2.54. The Balaban J connectivity index is 1.43. The summed E-state index contributed by atoms with van der Waals surface area (Å²) in [5.74, 6) is 0.376. The summed E-state index contributed by atoms with van der Waals surface area (Å²) in [6, 6.07) is 9.73. The standard InChI is InChI=1S/C19H25N5O3/c1-14(20-18(25)12-17-21-15(2)27-22-17)19(26)24-10-8-23(9-11-24)13-16-6-4-3-5-7-16/h3-7,14H,8-13H2,1-2H3,(H,20,25). The first-order valence-electron chi connectivity index (χ1n) is 9.15. The molecule has 144 valence electrons. The maximum Gasteiger partial charge on any atom is 0.244 e. The molecule has 2 amide bonds. The van der Waals surface area contributed by atoms with Gasteiger partial charge in [-0.15, -0.1) is 0 Å². The summed E-state index contributed by atoms with van der Waals surface area (Å²) >= 11 is 0. The highest BCUT2D eigenvalue weighted by molar-refractivity contribution is 5.87. The normalized spacial score (nSPS) is 16.1. The van der Waals surface area contributed by atoms with Gasteiger partial charge in [0.1, 0.15) is 6.04 Å². The van der Waals surface area contributed by atoms with Crippen molar-refractivity contribution in [2.75, 3.05) is 26.2 Å². The van der Waals surface area contributed by atoms with Crippen molar-refractivity contribution in [1.82, 2.24) is 25.3 Å². The Labute approximate surface area is 158 Å². The van der Waals surface area contributed by atoms with Gasteiger partial charge in [-0.3, -0.25) is 14.5 Å². The van der Waals surface area contributed by atoms with Crippen LogP contribution < -0.4 is 5.32 Å². The second-order valence-electron chi connectivity index (χ2n) is 6.78. The Bertz CT molecular complexity index is 769. The number of nitrogens with one attached hydrogen (secondary N) is 1. The molecule has 1 atom stereocenters. The predicted molar refractivity (Wildman–Crippen MR) is 98.6 cm³/mol. The second kappa shape index (κ2) is 8.77. The van der Waals surface area contributed by atoms with Crippen LogP contribution in [0, 0.1) is 6.92 Å². The first-order chi connectivity index (χ1) is 13.0. The van der Waals surface area contributed by atoms with Gasteiger partial charge in [0.2, 0.25) is 17.7 Å². The van der Waals surface area contributed by atoms with Gasteiger partial charge in [0.15, 0.2) is 5.82 Å². The zero-order chi connectivity index (χ0) is 19.2. The lowest BCUT2D eigenvalue weighted by Gasteiger charge is -2.36. The van der Waals surface area contributed by atoms with E-state index in [0.717, 1.165) is 19.6 Å². The monoisotopic (exact) mass is 371 g/mol. The van der Waals surface area contributed by atoms with Crippen LogP contribution in [0.5, 0.6) is 0 Å². The van der Waals surface area contributed by atoms with Crippen molar-refractivity contribution < 1.29 is 14.1 Å². The van der Waals surface area contributed by atoms with Crippen molar-refractivity contribution in [3.05, 3.63) is 47.6 Å². The number of nitrogens with zero attached hydrogens (tertiary/aromatic N) is 4. The summed E-state index contributed by atoms with van der Waals surface area (Å²) in [4.78, 5) is 32.8. The van der Waals surface area contributed by atoms with Crippen LogP contribution in [0.4, 0.5) is 0 Å². The molecule has 1 fully saturated rings. The SMILES string of the molecule is Cc1nc(CC(=O)NC(C)C(=O)N2CCN(Cc3ccccc3)CC2)no1. The third-order valence-electron chi connectivity index (χ3n) is 4.57. The van der Waals surface area contributed by atoms with Gasteiger partial charge in [-0.2, -0.15) is 4.98 Å². The Morgan fingerprint density at radius 3 is 2.52 bits per heavy atom. The number of aromatic nitrogens is 2. The number of aryl methyl sites for hydroxylation is 1. The minimum atomic E-state index is -0.578. The van der Waals surface area contributed by atoms with E-state index in [9.17, 15) is 9.59 Å². The molecule has 3 rings (SSSR count). The molecule has 1 aliphatic rings. The number of rotatable bonds is 6. The molecular weight excluding hydrogens is 346 g/mol. The minimum absolute atomic E-state index is 0.000185. The van der Waals surface area contributed by atoms with Gasteiger partial charge in [0.25, 0.3) is 0 Å². The highest BCUT2D eigenvalue weighted by atomic mass is 16.5. The van der Waals surface area contributed by atoms with Crippen LogP contribution in [0.25, 0.3) is 0 Å². The van der Waals surface area contributed by atoms with E-state index in [4.69, 9.17) is 4.52 Å². The number of amides is 2. The molecule has 1 N–H and O–H groups in total. The summed E-state index contributed by atoms with van der Waals surface area (Å²) < 4.78 is 4.84. The van der Waals surface area contributed by atoms with E-state index >= 15 is 0 Å². The lowest BCUT2D eigenvalue weighted by molar-refractivity contribution is -0.137. The van der Waals surface area contributed by atoms with Gasteiger partial charge in [-0.1, -0.05) is 35.5 Å². The lowest BCUT2D eigenvalue weighted by atomic mass is 10.2. The van der Waals surface area contributed by atoms with Crippen molar-refractivity contribution in [3.63, 3.8) is 0 Å². The van der Waals surface area contributed by atoms with E-state index in [0.29, 0.717) is 24.8 Å². The largest absolute Gasteiger partial charge is 0.344 e. The van der Waals surface area contributed by atoms with Crippen molar-refractivity contribution in [2.24, 2.45) is 0 Å². The number of benzene rings is 1. The summed E-state index contributed by atoms with van der Waals surface area (Å²) in [5.41, 5.74) is 1.27. The molecule has 1 aromatic carbocycles. The van der Waals surface area contributed by atoms with Gasteiger partial charge in [0, 0.05) is 39.6 Å². The quantitative estimate of drug-likeness (QED) is 0.806. The summed E-state index contributed by atoms with van der Waals surface area (Å²) in [5, 5.41) is 6.41. The second-order valence-corrected chi connectivity index (χ2v) is 6.78. The van der Waals surface area contributed by atoms with E-state index in [1.165, 1.54) is 5.56 Å². The fraction of sp³-hybridized carbons (Fsp3) is 0.474. The Morgan fingerprint density at radius 1 is 1.19 bits per heavy atom. The van der Waals surface area contributed by atoms with Crippen molar-refractivity contribution in [1.29, 1.82) is 0 Å². The molecule has 2 heterocycles. The molecule has 1 aromatic heterocycles. The Hall–Kier alpha value is -2.74. The van der Waals surface area contributed by atoms with Gasteiger partial charge in [-0.25, -0.2) is 0 Å². The van der Waals surface area contributed by atoms with E-state index in [1.807, 2.05) is 23.1 Å². The molecule has 0 saturated carbocycles. The molecule has 2 aromatic rings. The maximum absolute atomic E-state index is 12.6. The average molecular weight is 371 g/mol. The number of hydrogen-bond donors (Lipinski definition) is 1. The smallest absolute Gasteiger partial charge is 0.244 e. The Kier molecular flexibility index (Phi) is 6.18. The van der Waals surface area contributed by atoms with Crippen LogP contribution in [-0.2, 0) is 22.6 Å². The van der Waals surface area contributed by atoms with Crippen LogP contribution in [0.3, 0.4) is 0 Å². The molecule has 1 aliphatic heterocycles. The highest BCUT2D eigenvalue weighted by Crippen LogP contribution is 2.09. The van der Waals surface area contributed by atoms with Gasteiger partial charge in [-0.05, 0) is 12.5 Å². The van der Waals surface area contributed by atoms with Crippen LogP contribution in [0.2, 0.25) is 0 Å². The zero-order valence-electron chi connectivity index (χ0n) is 15.7. The van der Waals surface area contributed by atoms with E-state index in [1.54, 1.807) is 13.8 Å². The summed E-state index contributed by atoms with van der Waals surface area (Å²) in [6.45, 7) is 7.23. The number of piperazine rings is 1. The molecule has 8 heteroatoms. The van der Waals surface area contributed by atoms with E-state index < -0.39 is 6.04 Å². The zero-order valence-corrected chi connectivity index (χ0v) is 15.7. The van der Waals surface area contributed by atoms with Gasteiger partial charge < -0.3 is 14.7 Å². The average Bonchev–Trinajstić information content (AvgIpc) is 3.07. The number of carbonyl (C=O) groups is 2. The van der Waals surface area contributed by atoms with Crippen molar-refractivity contribution in [2.45, 2.75) is 32.9 Å². The van der Waals surface area contributed by atoms with Crippen LogP contribution in [-0.4, -0.2) is 64.0 Å². The minimum Gasteiger partial charge on any atom is -0.344 e. The molecule has 1 saturated heterocycles. The predicted octanol–water partition coefficient (Wildman–Crippen LogP) is 0.770. The topological polar surface area (TPSA) is 91.6 Å². The van der Waals surface area contributed by atoms with Crippen LogP contribution in [0.15, 0.2) is 34.9 Å². The highest BCUT2D eigenvalue weighted by Gasteiger charge is 2.26. The van der Waals surface area contributed by atoms with Crippen molar-refractivity contribution in [3.8, 4) is 0 Å². The fourth-order valence-corrected chi connectivity index (χ4v) is 3.15. The molecule has 0 bridgehead atoms. The number of carbonyl (C=O) groups excluding carboxylic acids is 2. The molecule has 0 spiro atoms. The fourth-order valence-electron chi connectivity index (χ4n) is 3.15. The van der Waals surface area contributed by atoms with Gasteiger partial charge >= 0.3 is 0 Å². The Morgan fingerprint density at radius 2 is 1.89 bits per heavy atom. The molecule has 1 unspecified atom stereocenters. The van der Waals surface area contributed by atoms with Gasteiger partial charge in [0.05, 0.1) is 6.42 Å². The third-order valence-corrected chi connectivity index (χ3v) is 4.57. The van der Waals surface area contributed by atoms with Crippen molar-refractivity contribution >= 4 is 11.8 Å². The van der Waals surface area contributed by atoms with Crippen LogP contribution >= 0.6 is 0 Å². The molecule has 0 radical (unpaired) electrons. The maximum atomic E-state index is 12.6. The van der Waals surface area contributed by atoms with Crippen LogP contribution in [0.1, 0.15) is 24.2 Å². The third kappa shape index (κ3) is 5.37. The molecule has 0 aliphatic carbocycles. The summed E-state index contributed by atoms with van der Waals surface area (Å²) in [7, 11) is 0. The first kappa shape index (κ1) is 19.0. The summed E-state index contributed by atoms with van der Waals surface area (Å²) in [6.07, 6.45) is -0.000185.